The van der Waals surface area contributed by atoms with Crippen LogP contribution >= 0.6 is 11.8 Å². The number of amides is 1. The predicted octanol–water partition coefficient (Wildman–Crippen LogP) is 1.75. The lowest BCUT2D eigenvalue weighted by Crippen LogP contribution is -2.29. The molecule has 1 unspecified atom stereocenters. The normalized spacial score (nSPS) is 19.6. The van der Waals surface area contributed by atoms with Crippen molar-refractivity contribution >= 4 is 23.4 Å². The number of hydrogen-bond acceptors (Lipinski definition) is 3. The van der Waals surface area contributed by atoms with Crippen LogP contribution in [-0.4, -0.2) is 24.0 Å². The number of nitrogens with two attached hydrogens (primary N) is 1. The summed E-state index contributed by atoms with van der Waals surface area (Å²) in [5.41, 5.74) is 6.86. The minimum atomic E-state index is -0.0602. The third-order valence-corrected chi connectivity index (χ3v) is 4.01. The maximum absolute atomic E-state index is 11.8. The first-order valence-corrected chi connectivity index (χ1v) is 6.63. The molecule has 1 amide bonds. The molecule has 3 N–H and O–H groups in total. The Morgan fingerprint density at radius 2 is 2.31 bits per heavy atom. The molecule has 0 bridgehead atoms. The first-order valence-electron chi connectivity index (χ1n) is 5.48. The summed E-state index contributed by atoms with van der Waals surface area (Å²) in [4.78, 5) is 11.8. The largest absolute Gasteiger partial charge is 0.398 e. The van der Waals surface area contributed by atoms with E-state index in [1.807, 2.05) is 23.9 Å². The van der Waals surface area contributed by atoms with Crippen molar-refractivity contribution in [2.24, 2.45) is 5.92 Å². The number of rotatable bonds is 3. The molecule has 1 aliphatic heterocycles. The Morgan fingerprint density at radius 3 is 3.00 bits per heavy atom. The van der Waals surface area contributed by atoms with Crippen molar-refractivity contribution in [3.05, 3.63) is 29.8 Å². The fraction of sp³-hybridized carbons (Fsp3) is 0.417. The average Bonchev–Trinajstić information content (AvgIpc) is 2.79. The number of anilines is 1. The molecule has 4 heteroatoms. The molecule has 0 radical (unpaired) electrons. The van der Waals surface area contributed by atoms with Gasteiger partial charge in [0, 0.05) is 12.2 Å². The highest BCUT2D eigenvalue weighted by Crippen LogP contribution is 2.22. The van der Waals surface area contributed by atoms with E-state index in [1.54, 1.807) is 12.1 Å². The highest BCUT2D eigenvalue weighted by Gasteiger charge is 2.17. The molecule has 0 aromatic heterocycles. The Labute approximate surface area is 99.8 Å². The summed E-state index contributed by atoms with van der Waals surface area (Å²) < 4.78 is 0. The number of benzene rings is 1. The molecule has 1 aliphatic rings. The van der Waals surface area contributed by atoms with E-state index in [0.717, 1.165) is 12.3 Å². The van der Waals surface area contributed by atoms with Crippen molar-refractivity contribution < 1.29 is 4.79 Å². The molecule has 1 saturated heterocycles. The number of para-hydroxylation sites is 1. The van der Waals surface area contributed by atoms with Crippen LogP contribution in [0.5, 0.6) is 0 Å². The molecule has 1 fully saturated rings. The zero-order valence-corrected chi connectivity index (χ0v) is 9.93. The smallest absolute Gasteiger partial charge is 0.253 e. The van der Waals surface area contributed by atoms with Gasteiger partial charge in [0.1, 0.15) is 0 Å². The van der Waals surface area contributed by atoms with Gasteiger partial charge in [0.2, 0.25) is 0 Å². The van der Waals surface area contributed by atoms with E-state index in [-0.39, 0.29) is 5.91 Å². The van der Waals surface area contributed by atoms with Gasteiger partial charge in [-0.1, -0.05) is 12.1 Å². The van der Waals surface area contributed by atoms with Gasteiger partial charge < -0.3 is 11.1 Å². The van der Waals surface area contributed by atoms with E-state index >= 15 is 0 Å². The Kier molecular flexibility index (Phi) is 3.72. The second-order valence-electron chi connectivity index (χ2n) is 4.03. The summed E-state index contributed by atoms with van der Waals surface area (Å²) in [5.74, 6) is 2.94. The molecule has 86 valence electrons. The third kappa shape index (κ3) is 2.70. The molecular weight excluding hydrogens is 220 g/mol. The van der Waals surface area contributed by atoms with Gasteiger partial charge in [0.25, 0.3) is 5.91 Å². The number of nitrogens with one attached hydrogen (secondary N) is 1. The Bertz CT molecular complexity index is 375. The van der Waals surface area contributed by atoms with Crippen LogP contribution in [0.25, 0.3) is 0 Å². The molecule has 3 nitrogen and oxygen atoms in total. The van der Waals surface area contributed by atoms with E-state index < -0.39 is 0 Å². The monoisotopic (exact) mass is 236 g/mol. The zero-order chi connectivity index (χ0) is 11.4. The lowest BCUT2D eigenvalue weighted by Gasteiger charge is -2.11. The van der Waals surface area contributed by atoms with Gasteiger partial charge in [-0.3, -0.25) is 4.79 Å². The van der Waals surface area contributed by atoms with Gasteiger partial charge in [-0.2, -0.15) is 11.8 Å². The summed E-state index contributed by atoms with van der Waals surface area (Å²) >= 11 is 1.96. The van der Waals surface area contributed by atoms with Crippen LogP contribution in [0.2, 0.25) is 0 Å². The van der Waals surface area contributed by atoms with Gasteiger partial charge in [0.05, 0.1) is 5.56 Å². The van der Waals surface area contributed by atoms with Gasteiger partial charge in [-0.15, -0.1) is 0 Å². The lowest BCUT2D eigenvalue weighted by atomic mass is 10.1. The molecule has 1 atom stereocenters. The molecule has 0 saturated carbocycles. The molecule has 2 rings (SSSR count). The topological polar surface area (TPSA) is 55.1 Å². The van der Waals surface area contributed by atoms with Gasteiger partial charge >= 0.3 is 0 Å². The van der Waals surface area contributed by atoms with Crippen LogP contribution in [0.1, 0.15) is 16.8 Å². The SMILES string of the molecule is Nc1ccccc1C(=O)NCC1CCSC1. The van der Waals surface area contributed by atoms with Gasteiger partial charge in [-0.25, -0.2) is 0 Å². The molecule has 0 aliphatic carbocycles. The second-order valence-corrected chi connectivity index (χ2v) is 5.18. The molecule has 16 heavy (non-hydrogen) atoms. The zero-order valence-electron chi connectivity index (χ0n) is 9.11. The maximum atomic E-state index is 11.8. The van der Waals surface area contributed by atoms with E-state index in [9.17, 15) is 4.79 Å². The van der Waals surface area contributed by atoms with E-state index in [4.69, 9.17) is 5.73 Å². The summed E-state index contributed by atoms with van der Waals surface area (Å²) in [7, 11) is 0. The Balaban J connectivity index is 1.90. The number of carbonyl (C=O) groups excluding carboxylic acids is 1. The number of nitrogen functional groups attached to an aromatic ring is 1. The lowest BCUT2D eigenvalue weighted by molar-refractivity contribution is 0.0949. The summed E-state index contributed by atoms with van der Waals surface area (Å²) in [6.07, 6.45) is 1.20. The number of carbonyl (C=O) groups is 1. The van der Waals surface area contributed by atoms with Crippen molar-refractivity contribution in [3.8, 4) is 0 Å². The molecule has 1 heterocycles. The summed E-state index contributed by atoms with van der Waals surface area (Å²) in [5, 5.41) is 2.95. The quantitative estimate of drug-likeness (QED) is 0.786. The van der Waals surface area contributed by atoms with E-state index in [0.29, 0.717) is 17.2 Å². The van der Waals surface area contributed by atoms with Gasteiger partial charge in [0.15, 0.2) is 0 Å². The second kappa shape index (κ2) is 5.25. The van der Waals surface area contributed by atoms with E-state index in [2.05, 4.69) is 5.32 Å². The van der Waals surface area contributed by atoms with Crippen LogP contribution in [0.15, 0.2) is 24.3 Å². The van der Waals surface area contributed by atoms with Crippen molar-refractivity contribution in [2.45, 2.75) is 6.42 Å². The molecular formula is C12H16N2OS. The first-order chi connectivity index (χ1) is 7.77. The van der Waals surface area contributed by atoms with Crippen molar-refractivity contribution in [2.75, 3.05) is 23.8 Å². The fourth-order valence-corrected chi connectivity index (χ4v) is 3.06. The molecule has 1 aromatic carbocycles. The van der Waals surface area contributed by atoms with E-state index in [1.165, 1.54) is 12.2 Å². The minimum Gasteiger partial charge on any atom is -0.398 e. The molecule has 1 aromatic rings. The predicted molar refractivity (Wildman–Crippen MR) is 68.6 cm³/mol. The molecule has 0 spiro atoms. The van der Waals surface area contributed by atoms with Crippen LogP contribution in [-0.2, 0) is 0 Å². The van der Waals surface area contributed by atoms with Crippen molar-refractivity contribution in [1.29, 1.82) is 0 Å². The fourth-order valence-electron chi connectivity index (χ4n) is 1.78. The first kappa shape index (κ1) is 11.3. The highest BCUT2D eigenvalue weighted by atomic mass is 32.2. The highest BCUT2D eigenvalue weighted by molar-refractivity contribution is 7.99. The summed E-state index contributed by atoms with van der Waals surface area (Å²) in [6.45, 7) is 0.764. The Hall–Kier alpha value is -1.16. The standard InChI is InChI=1S/C12H16N2OS/c13-11-4-2-1-3-10(11)12(15)14-7-9-5-6-16-8-9/h1-4,9H,5-8,13H2,(H,14,15). The summed E-state index contributed by atoms with van der Waals surface area (Å²) in [6, 6.07) is 7.17. The van der Waals surface area contributed by atoms with Crippen LogP contribution in [0, 0.1) is 5.92 Å². The van der Waals surface area contributed by atoms with Crippen LogP contribution in [0.3, 0.4) is 0 Å². The van der Waals surface area contributed by atoms with Gasteiger partial charge in [-0.05, 0) is 36.0 Å². The maximum Gasteiger partial charge on any atom is 0.253 e. The Morgan fingerprint density at radius 1 is 1.50 bits per heavy atom. The average molecular weight is 236 g/mol. The minimum absolute atomic E-state index is 0.0602. The third-order valence-electron chi connectivity index (χ3n) is 2.78. The number of hydrogen-bond donors (Lipinski definition) is 2. The van der Waals surface area contributed by atoms with Crippen LogP contribution < -0.4 is 11.1 Å². The van der Waals surface area contributed by atoms with Crippen molar-refractivity contribution in [3.63, 3.8) is 0 Å². The van der Waals surface area contributed by atoms with Crippen molar-refractivity contribution in [1.82, 2.24) is 5.32 Å². The number of thioether (sulfide) groups is 1. The van der Waals surface area contributed by atoms with Crippen LogP contribution in [0.4, 0.5) is 5.69 Å².